The monoisotopic (exact) mass is 420 g/mol. The molecule has 0 atom stereocenters. The van der Waals surface area contributed by atoms with Crippen molar-refractivity contribution in [3.8, 4) is 11.5 Å². The zero-order valence-electron chi connectivity index (χ0n) is 15.6. The summed E-state index contributed by atoms with van der Waals surface area (Å²) in [7, 11) is -3.80. The average molecular weight is 421 g/mol. The summed E-state index contributed by atoms with van der Waals surface area (Å²) in [6.07, 6.45) is 3.21. The SMILES string of the molecule is Cc1[nH]c(C)c(S(=O)(=O)NCc2ccc(Cl)cc2)c1-c1nnc(C2CCC2)o1. The van der Waals surface area contributed by atoms with E-state index in [0.29, 0.717) is 27.9 Å². The Labute approximate surface area is 168 Å². The number of aromatic nitrogens is 3. The van der Waals surface area contributed by atoms with E-state index in [0.717, 1.165) is 24.8 Å². The molecule has 3 aromatic rings. The first-order valence-electron chi connectivity index (χ1n) is 9.12. The summed E-state index contributed by atoms with van der Waals surface area (Å²) < 4.78 is 34.6. The topological polar surface area (TPSA) is 101 Å². The third kappa shape index (κ3) is 3.59. The molecule has 0 amide bonds. The smallest absolute Gasteiger partial charge is 0.250 e. The minimum Gasteiger partial charge on any atom is -0.420 e. The van der Waals surface area contributed by atoms with E-state index in [1.165, 1.54) is 0 Å². The van der Waals surface area contributed by atoms with Crippen LogP contribution in [0.4, 0.5) is 0 Å². The second-order valence-corrected chi connectivity index (χ2v) is 9.24. The molecular formula is C19H21ClN4O3S. The van der Waals surface area contributed by atoms with E-state index in [9.17, 15) is 8.42 Å². The second kappa shape index (κ2) is 7.35. The predicted molar refractivity (Wildman–Crippen MR) is 106 cm³/mol. The highest BCUT2D eigenvalue weighted by Gasteiger charge is 2.31. The van der Waals surface area contributed by atoms with Gasteiger partial charge in [0.25, 0.3) is 5.89 Å². The van der Waals surface area contributed by atoms with Gasteiger partial charge in [0, 0.05) is 28.9 Å². The molecule has 1 aliphatic carbocycles. The average Bonchev–Trinajstić information content (AvgIpc) is 3.17. The Morgan fingerprint density at radius 3 is 2.54 bits per heavy atom. The summed E-state index contributed by atoms with van der Waals surface area (Å²) in [5, 5.41) is 8.86. The van der Waals surface area contributed by atoms with Crippen LogP contribution in [0.15, 0.2) is 33.6 Å². The molecule has 0 unspecified atom stereocenters. The normalized spacial score (nSPS) is 15.0. The molecule has 2 N–H and O–H groups in total. The third-order valence-electron chi connectivity index (χ3n) is 5.07. The maximum Gasteiger partial charge on any atom is 0.250 e. The first-order valence-corrected chi connectivity index (χ1v) is 11.0. The van der Waals surface area contributed by atoms with Crippen molar-refractivity contribution in [2.45, 2.75) is 50.5 Å². The Bertz CT molecular complexity index is 1100. The van der Waals surface area contributed by atoms with Crippen molar-refractivity contribution < 1.29 is 12.8 Å². The first kappa shape index (κ1) is 19.2. The Balaban J connectivity index is 1.65. The molecule has 0 spiro atoms. The summed E-state index contributed by atoms with van der Waals surface area (Å²) in [5.74, 6) is 1.09. The van der Waals surface area contributed by atoms with Gasteiger partial charge in [0.1, 0.15) is 4.90 Å². The molecular weight excluding hydrogens is 400 g/mol. The van der Waals surface area contributed by atoms with Crippen LogP contribution < -0.4 is 4.72 Å². The summed E-state index contributed by atoms with van der Waals surface area (Å²) >= 11 is 5.88. The molecule has 0 bridgehead atoms. The number of rotatable bonds is 6. The summed E-state index contributed by atoms with van der Waals surface area (Å²) in [6, 6.07) is 7.01. The summed E-state index contributed by atoms with van der Waals surface area (Å²) in [6.45, 7) is 3.67. The standard InChI is InChI=1S/C19H21ClN4O3S/c1-11-16(19-24-23-18(27-19)14-4-3-5-14)17(12(2)22-11)28(25,26)21-10-13-6-8-15(20)9-7-13/h6-9,14,21-22H,3-5,10H2,1-2H3. The molecule has 2 aromatic heterocycles. The lowest BCUT2D eigenvalue weighted by atomic mass is 9.85. The van der Waals surface area contributed by atoms with Gasteiger partial charge >= 0.3 is 0 Å². The van der Waals surface area contributed by atoms with Crippen LogP contribution in [0.25, 0.3) is 11.5 Å². The van der Waals surface area contributed by atoms with E-state index in [1.807, 2.05) is 0 Å². The van der Waals surface area contributed by atoms with Gasteiger partial charge in [-0.1, -0.05) is 30.2 Å². The third-order valence-corrected chi connectivity index (χ3v) is 6.90. The van der Waals surface area contributed by atoms with E-state index < -0.39 is 10.0 Å². The predicted octanol–water partition coefficient (Wildman–Crippen LogP) is 4.08. The number of nitrogens with one attached hydrogen (secondary N) is 2. The number of nitrogens with zero attached hydrogens (tertiary/aromatic N) is 2. The molecule has 0 radical (unpaired) electrons. The molecule has 4 rings (SSSR count). The van der Waals surface area contributed by atoms with E-state index in [1.54, 1.807) is 38.1 Å². The molecule has 0 aliphatic heterocycles. The van der Waals surface area contributed by atoms with Gasteiger partial charge in [-0.25, -0.2) is 13.1 Å². The van der Waals surface area contributed by atoms with Crippen LogP contribution in [0.1, 0.15) is 48.0 Å². The minimum atomic E-state index is -3.80. The van der Waals surface area contributed by atoms with Crippen molar-refractivity contribution in [3.63, 3.8) is 0 Å². The number of aromatic amines is 1. The lowest BCUT2D eigenvalue weighted by molar-refractivity contribution is 0.338. The van der Waals surface area contributed by atoms with Crippen LogP contribution in [0.2, 0.25) is 5.02 Å². The van der Waals surface area contributed by atoms with Crippen molar-refractivity contribution in [1.82, 2.24) is 19.9 Å². The molecule has 1 aliphatic rings. The maximum atomic E-state index is 13.1. The zero-order chi connectivity index (χ0) is 19.9. The number of sulfonamides is 1. The Kier molecular flexibility index (Phi) is 5.03. The summed E-state index contributed by atoms with van der Waals surface area (Å²) in [4.78, 5) is 3.23. The van der Waals surface area contributed by atoms with Crippen LogP contribution in [0, 0.1) is 13.8 Å². The second-order valence-electron chi connectivity index (χ2n) is 7.10. The fraction of sp³-hybridized carbons (Fsp3) is 0.368. The number of aryl methyl sites for hydroxylation is 2. The molecule has 7 nitrogen and oxygen atoms in total. The van der Waals surface area contributed by atoms with Crippen LogP contribution in [-0.2, 0) is 16.6 Å². The number of halogens is 1. The highest BCUT2D eigenvalue weighted by molar-refractivity contribution is 7.89. The number of benzene rings is 1. The van der Waals surface area contributed by atoms with Crippen LogP contribution >= 0.6 is 11.6 Å². The zero-order valence-corrected chi connectivity index (χ0v) is 17.2. The molecule has 1 aromatic carbocycles. The van der Waals surface area contributed by atoms with Crippen molar-refractivity contribution in [1.29, 1.82) is 0 Å². The Morgan fingerprint density at radius 1 is 1.18 bits per heavy atom. The van der Waals surface area contributed by atoms with Crippen molar-refractivity contribution in [3.05, 3.63) is 52.1 Å². The van der Waals surface area contributed by atoms with Gasteiger partial charge < -0.3 is 9.40 Å². The van der Waals surface area contributed by atoms with Crippen molar-refractivity contribution >= 4 is 21.6 Å². The van der Waals surface area contributed by atoms with Gasteiger partial charge in [0.2, 0.25) is 15.9 Å². The molecule has 9 heteroatoms. The van der Waals surface area contributed by atoms with Gasteiger partial charge in [-0.3, -0.25) is 0 Å². The Hall–Kier alpha value is -2.16. The first-order chi connectivity index (χ1) is 13.3. The van der Waals surface area contributed by atoms with E-state index in [-0.39, 0.29) is 23.2 Å². The number of H-pyrrole nitrogens is 1. The van der Waals surface area contributed by atoms with Gasteiger partial charge in [-0.15, -0.1) is 10.2 Å². The quantitative estimate of drug-likeness (QED) is 0.625. The van der Waals surface area contributed by atoms with Crippen molar-refractivity contribution in [2.75, 3.05) is 0 Å². The van der Waals surface area contributed by atoms with Crippen LogP contribution in [0.5, 0.6) is 0 Å². The van der Waals surface area contributed by atoms with Crippen molar-refractivity contribution in [2.24, 2.45) is 0 Å². The van der Waals surface area contributed by atoms with Gasteiger partial charge in [-0.05, 0) is 44.4 Å². The highest BCUT2D eigenvalue weighted by atomic mass is 35.5. The number of hydrogen-bond acceptors (Lipinski definition) is 5. The molecule has 2 heterocycles. The fourth-order valence-corrected chi connectivity index (χ4v) is 4.95. The molecule has 28 heavy (non-hydrogen) atoms. The molecule has 0 saturated heterocycles. The fourth-order valence-electron chi connectivity index (χ4n) is 3.36. The number of hydrogen-bond donors (Lipinski definition) is 2. The maximum absolute atomic E-state index is 13.1. The lowest BCUT2D eigenvalue weighted by Gasteiger charge is -2.20. The van der Waals surface area contributed by atoms with Crippen LogP contribution in [0.3, 0.4) is 0 Å². The Morgan fingerprint density at radius 2 is 1.89 bits per heavy atom. The molecule has 1 saturated carbocycles. The van der Waals surface area contributed by atoms with Crippen LogP contribution in [-0.4, -0.2) is 23.6 Å². The minimum absolute atomic E-state index is 0.141. The van der Waals surface area contributed by atoms with E-state index >= 15 is 0 Å². The summed E-state index contributed by atoms with van der Waals surface area (Å²) in [5.41, 5.74) is 2.44. The highest BCUT2D eigenvalue weighted by Crippen LogP contribution is 2.38. The molecule has 1 fully saturated rings. The van der Waals surface area contributed by atoms with E-state index in [2.05, 4.69) is 19.9 Å². The van der Waals surface area contributed by atoms with E-state index in [4.69, 9.17) is 16.0 Å². The largest absolute Gasteiger partial charge is 0.420 e. The van der Waals surface area contributed by atoms with Gasteiger partial charge in [-0.2, -0.15) is 0 Å². The lowest BCUT2D eigenvalue weighted by Crippen LogP contribution is -2.24. The van der Waals surface area contributed by atoms with Gasteiger partial charge in [0.15, 0.2) is 0 Å². The molecule has 148 valence electrons. The van der Waals surface area contributed by atoms with Gasteiger partial charge in [0.05, 0.1) is 5.56 Å².